The van der Waals surface area contributed by atoms with Gasteiger partial charge in [-0.15, -0.1) is 0 Å². The zero-order valence-electron chi connectivity index (χ0n) is 40.0. The van der Waals surface area contributed by atoms with E-state index in [2.05, 4.69) is 176 Å². The Labute approximate surface area is 422 Å². The van der Waals surface area contributed by atoms with Crippen LogP contribution in [0.15, 0.2) is 255 Å². The van der Waals surface area contributed by atoms with E-state index in [9.17, 15) is 0 Å². The molecule has 1 saturated carbocycles. The molecule has 11 aromatic rings. The first-order valence-electron chi connectivity index (χ1n) is 25.1. The lowest BCUT2D eigenvalue weighted by Crippen LogP contribution is -2.30. The molecule has 0 amide bonds. The largest absolute Gasteiger partial charge is 0.309 e. The summed E-state index contributed by atoms with van der Waals surface area (Å²) in [4.78, 5) is 15.3. The van der Waals surface area contributed by atoms with Crippen molar-refractivity contribution in [3.8, 4) is 67.5 Å². The van der Waals surface area contributed by atoms with Crippen molar-refractivity contribution in [3.63, 3.8) is 0 Å². The Bertz CT molecular complexity index is 3660. The normalized spacial score (nSPS) is 13.4. The van der Waals surface area contributed by atoms with Crippen LogP contribution in [0.1, 0.15) is 43.2 Å². The molecule has 5 heteroatoms. The van der Waals surface area contributed by atoms with Gasteiger partial charge in [0.1, 0.15) is 0 Å². The fraction of sp³-hybridized carbons (Fsp3) is 0.0896. The zero-order chi connectivity index (χ0) is 48.3. The SMILES string of the molecule is O=P(c1ccccc1)(c1ccccc1)c1ccc(-c2ccc(C3(c4ccc(-c5nc(-c6ccccc6)nc(-c6ccc(-c7ccccc7-c7ccccc7)cc6)n5)cc4)CCCCC3)cc2)c2ccccc12. The zero-order valence-corrected chi connectivity index (χ0v) is 40.9. The minimum absolute atomic E-state index is 0.125. The molecule has 0 bridgehead atoms. The number of hydrogen-bond acceptors (Lipinski definition) is 4. The Hall–Kier alpha value is -8.30. The number of rotatable bonds is 11. The Balaban J connectivity index is 0.875. The Morgan fingerprint density at radius 1 is 0.306 bits per heavy atom. The molecule has 0 unspecified atom stereocenters. The summed E-state index contributed by atoms with van der Waals surface area (Å²) in [5.74, 6) is 1.93. The van der Waals surface area contributed by atoms with Gasteiger partial charge >= 0.3 is 0 Å². The molecule has 0 atom stereocenters. The van der Waals surface area contributed by atoms with Gasteiger partial charge in [-0.2, -0.15) is 0 Å². The second kappa shape index (κ2) is 19.5. The molecular formula is C67H52N3OP. The molecule has 1 aliphatic rings. The summed E-state index contributed by atoms with van der Waals surface area (Å²) in [6.45, 7) is 0. The first-order valence-corrected chi connectivity index (χ1v) is 26.8. The fourth-order valence-corrected chi connectivity index (χ4v) is 13.9. The molecule has 0 N–H and O–H groups in total. The highest BCUT2D eigenvalue weighted by atomic mass is 31.2. The van der Waals surface area contributed by atoms with Gasteiger partial charge in [0.25, 0.3) is 0 Å². The molecular weight excluding hydrogens is 894 g/mol. The van der Waals surface area contributed by atoms with Gasteiger partial charge in [-0.25, -0.2) is 15.0 Å². The lowest BCUT2D eigenvalue weighted by atomic mass is 9.65. The first kappa shape index (κ1) is 44.9. The summed E-state index contributed by atoms with van der Waals surface area (Å²) in [5, 5.41) is 4.64. The average Bonchev–Trinajstić information content (AvgIpc) is 3.48. The summed E-state index contributed by atoms with van der Waals surface area (Å²) in [6, 6.07) is 88.9. The molecule has 4 nitrogen and oxygen atoms in total. The van der Waals surface area contributed by atoms with Crippen molar-refractivity contribution in [2.24, 2.45) is 0 Å². The topological polar surface area (TPSA) is 55.7 Å². The third-order valence-corrected chi connectivity index (χ3v) is 17.9. The van der Waals surface area contributed by atoms with E-state index >= 15 is 4.57 Å². The van der Waals surface area contributed by atoms with Gasteiger partial charge in [-0.05, 0) is 74.2 Å². The molecule has 72 heavy (non-hydrogen) atoms. The Morgan fingerprint density at radius 3 is 1.18 bits per heavy atom. The molecule has 1 aliphatic carbocycles. The van der Waals surface area contributed by atoms with Crippen LogP contribution in [0, 0.1) is 0 Å². The average molecular weight is 946 g/mol. The van der Waals surface area contributed by atoms with Crippen LogP contribution in [0.3, 0.4) is 0 Å². The molecule has 346 valence electrons. The van der Waals surface area contributed by atoms with Crippen LogP contribution >= 0.6 is 7.14 Å². The van der Waals surface area contributed by atoms with Gasteiger partial charge in [0.05, 0.1) is 0 Å². The van der Waals surface area contributed by atoms with E-state index in [-0.39, 0.29) is 5.41 Å². The molecule has 12 rings (SSSR count). The van der Waals surface area contributed by atoms with Crippen LogP contribution in [0.4, 0.5) is 0 Å². The van der Waals surface area contributed by atoms with Gasteiger partial charge in [0.2, 0.25) is 0 Å². The highest BCUT2D eigenvalue weighted by Crippen LogP contribution is 2.48. The highest BCUT2D eigenvalue weighted by Gasteiger charge is 2.36. The molecule has 0 radical (unpaired) electrons. The van der Waals surface area contributed by atoms with Crippen LogP contribution in [-0.2, 0) is 9.98 Å². The van der Waals surface area contributed by atoms with Crippen molar-refractivity contribution >= 4 is 33.8 Å². The summed E-state index contributed by atoms with van der Waals surface area (Å²) in [7, 11) is -3.19. The predicted octanol–water partition coefficient (Wildman–Crippen LogP) is 15.9. The number of benzene rings is 10. The third-order valence-electron chi connectivity index (χ3n) is 14.8. The quantitative estimate of drug-likeness (QED) is 0.121. The van der Waals surface area contributed by atoms with E-state index in [1.165, 1.54) is 47.1 Å². The lowest BCUT2D eigenvalue weighted by Gasteiger charge is -2.39. The van der Waals surface area contributed by atoms with E-state index in [4.69, 9.17) is 15.0 Å². The van der Waals surface area contributed by atoms with Crippen LogP contribution in [0.5, 0.6) is 0 Å². The second-order valence-corrected chi connectivity index (χ2v) is 21.7. The van der Waals surface area contributed by atoms with E-state index in [1.54, 1.807) is 0 Å². The van der Waals surface area contributed by atoms with Crippen LogP contribution in [0.25, 0.3) is 78.3 Å². The molecule has 10 aromatic carbocycles. The fourth-order valence-electron chi connectivity index (χ4n) is 11.1. The molecule has 1 heterocycles. The van der Waals surface area contributed by atoms with Crippen molar-refractivity contribution in [3.05, 3.63) is 266 Å². The minimum atomic E-state index is -3.19. The predicted molar refractivity (Wildman–Crippen MR) is 300 cm³/mol. The van der Waals surface area contributed by atoms with Crippen LogP contribution in [0.2, 0.25) is 0 Å². The number of hydrogen-bond donors (Lipinski definition) is 0. The summed E-state index contributed by atoms with van der Waals surface area (Å²) < 4.78 is 15.6. The van der Waals surface area contributed by atoms with Crippen molar-refractivity contribution in [2.45, 2.75) is 37.5 Å². The number of aromatic nitrogens is 3. The molecule has 1 fully saturated rings. The maximum absolute atomic E-state index is 15.6. The summed E-state index contributed by atoms with van der Waals surface area (Å²) in [5.41, 5.74) is 12.3. The maximum Gasteiger partial charge on any atom is 0.171 e. The smallest absolute Gasteiger partial charge is 0.171 e. The van der Waals surface area contributed by atoms with E-state index in [0.717, 1.165) is 72.9 Å². The molecule has 0 saturated heterocycles. The molecule has 0 spiro atoms. The number of fused-ring (bicyclic) bond motifs is 1. The van der Waals surface area contributed by atoms with Crippen molar-refractivity contribution in [2.75, 3.05) is 0 Å². The first-order chi connectivity index (χ1) is 35.5. The third kappa shape index (κ3) is 8.38. The van der Waals surface area contributed by atoms with Crippen molar-refractivity contribution < 1.29 is 4.57 Å². The monoisotopic (exact) mass is 945 g/mol. The summed E-state index contributed by atoms with van der Waals surface area (Å²) >= 11 is 0. The number of nitrogens with zero attached hydrogens (tertiary/aromatic N) is 3. The van der Waals surface area contributed by atoms with Gasteiger partial charge in [0.15, 0.2) is 24.6 Å². The lowest BCUT2D eigenvalue weighted by molar-refractivity contribution is 0.346. The molecule has 1 aromatic heterocycles. The van der Waals surface area contributed by atoms with Crippen molar-refractivity contribution in [1.29, 1.82) is 0 Å². The standard InChI is InChI=1S/C67H52N3OP/c71-72(56-24-10-3-11-25-56,57-26-12-4-13-27-57)63-45-44-60(61-30-16-17-31-62(61)63)50-36-40-54(41-37-50)67(46-18-5-19-47-67)55-42-38-53(39-43-55)66-69-64(51-22-8-2-9-23-51)68-65(70-66)52-34-32-49(33-35-52)59-29-15-14-28-58(59)48-20-6-1-7-21-48/h1-4,6-17,20-45H,5,18-19,46-47H2. The van der Waals surface area contributed by atoms with Gasteiger partial charge in [-0.3, -0.25) is 0 Å². The van der Waals surface area contributed by atoms with Gasteiger partial charge in [0, 0.05) is 38.0 Å². The van der Waals surface area contributed by atoms with Gasteiger partial charge in [-0.1, -0.05) is 268 Å². The van der Waals surface area contributed by atoms with E-state index in [1.807, 2.05) is 78.9 Å². The van der Waals surface area contributed by atoms with Crippen LogP contribution < -0.4 is 15.9 Å². The Morgan fingerprint density at radius 2 is 0.667 bits per heavy atom. The van der Waals surface area contributed by atoms with Crippen molar-refractivity contribution in [1.82, 2.24) is 15.0 Å². The minimum Gasteiger partial charge on any atom is -0.309 e. The summed E-state index contributed by atoms with van der Waals surface area (Å²) in [6.07, 6.45) is 5.75. The Kier molecular flexibility index (Phi) is 12.1. The molecule has 0 aliphatic heterocycles. The van der Waals surface area contributed by atoms with Gasteiger partial charge < -0.3 is 4.57 Å². The van der Waals surface area contributed by atoms with E-state index in [0.29, 0.717) is 17.5 Å². The van der Waals surface area contributed by atoms with Crippen LogP contribution in [-0.4, -0.2) is 15.0 Å². The van der Waals surface area contributed by atoms with E-state index < -0.39 is 7.14 Å². The second-order valence-electron chi connectivity index (χ2n) is 18.9. The highest BCUT2D eigenvalue weighted by molar-refractivity contribution is 7.85. The maximum atomic E-state index is 15.6.